The first kappa shape index (κ1) is 35.3. The molecule has 0 unspecified atom stereocenters. The molecule has 0 radical (unpaired) electrons. The van der Waals surface area contributed by atoms with Gasteiger partial charge in [-0.1, -0.05) is 6.07 Å². The van der Waals surface area contributed by atoms with E-state index in [1.54, 1.807) is 33.9 Å². The molecule has 0 spiro atoms. The summed E-state index contributed by atoms with van der Waals surface area (Å²) in [6.45, 7) is 8.19. The van der Waals surface area contributed by atoms with Gasteiger partial charge in [-0.3, -0.25) is 14.1 Å². The van der Waals surface area contributed by atoms with E-state index in [0.29, 0.717) is 13.0 Å². The topological polar surface area (TPSA) is 96.0 Å². The fourth-order valence-electron chi connectivity index (χ4n) is 2.53. The summed E-state index contributed by atoms with van der Waals surface area (Å²) in [6, 6.07) is 5.70. The number of aromatic nitrogens is 1. The minimum Gasteiger partial charge on any atom is -1.00 e. The van der Waals surface area contributed by atoms with Crippen molar-refractivity contribution in [3.63, 3.8) is 0 Å². The number of halogens is 2. The van der Waals surface area contributed by atoms with Crippen molar-refractivity contribution in [2.75, 3.05) is 39.5 Å². The van der Waals surface area contributed by atoms with E-state index in [2.05, 4.69) is 10.3 Å². The molecule has 8 nitrogen and oxygen atoms in total. The molecule has 0 aliphatic heterocycles. The molecule has 0 aliphatic rings. The van der Waals surface area contributed by atoms with E-state index in [4.69, 9.17) is 18.1 Å². The zero-order chi connectivity index (χ0) is 20.2. The van der Waals surface area contributed by atoms with Crippen LogP contribution in [0.4, 0.5) is 0 Å². The predicted molar refractivity (Wildman–Crippen MR) is 106 cm³/mol. The minimum atomic E-state index is -3.71. The third-order valence-electron chi connectivity index (χ3n) is 3.58. The Morgan fingerprint density at radius 2 is 1.37 bits per heavy atom. The molecule has 180 valence electrons. The van der Waals surface area contributed by atoms with Gasteiger partial charge >= 0.3 is 36.3 Å². The van der Waals surface area contributed by atoms with Gasteiger partial charge < -0.3 is 48.2 Å². The second-order valence-electron chi connectivity index (χ2n) is 5.51. The number of rotatable bonds is 15. The molecule has 0 aliphatic carbocycles. The maximum absolute atomic E-state index is 13.3. The van der Waals surface area contributed by atoms with Crippen LogP contribution in [0.3, 0.4) is 0 Å². The van der Waals surface area contributed by atoms with E-state index in [9.17, 15) is 9.13 Å². The fraction of sp³-hybridized carbons (Fsp3) is 0.706. The smallest absolute Gasteiger partial charge is 1.00 e. The Kier molecular flexibility index (Phi) is 22.5. The van der Waals surface area contributed by atoms with E-state index in [-0.39, 0.29) is 78.9 Å². The standard InChI is InChI=1S/C17H32N2O6P2.2ClH.Pt/c1-5-22-26(20,23-6-2)17(27(21,24-7-3)25-8-4)15-18-14-12-16-11-9-10-13-19-16;;;/h9-11,13,17-18H,5-8,12,14-15H2,1-4H3;2*1H;/q;;;+2/p-2. The Bertz CT molecular complexity index is 584. The number of pyridine rings is 1. The van der Waals surface area contributed by atoms with Crippen LogP contribution < -0.4 is 30.1 Å². The van der Waals surface area contributed by atoms with Gasteiger partial charge in [-0.05, 0) is 39.8 Å². The number of hydrogen-bond donors (Lipinski definition) is 1. The van der Waals surface area contributed by atoms with Crippen LogP contribution in [0, 0.1) is 0 Å². The van der Waals surface area contributed by atoms with Gasteiger partial charge in [-0.15, -0.1) is 0 Å². The molecule has 0 saturated heterocycles. The van der Waals surface area contributed by atoms with Gasteiger partial charge in [0.1, 0.15) is 0 Å². The summed E-state index contributed by atoms with van der Waals surface area (Å²) in [7, 11) is -7.43. The summed E-state index contributed by atoms with van der Waals surface area (Å²) < 4.78 is 48.4. The van der Waals surface area contributed by atoms with Gasteiger partial charge in [0.2, 0.25) is 0 Å². The Labute approximate surface area is 207 Å². The molecule has 1 heterocycles. The van der Waals surface area contributed by atoms with Crippen molar-refractivity contribution in [2.24, 2.45) is 0 Å². The second-order valence-corrected chi connectivity index (χ2v) is 10.4. The number of nitrogens with zero attached hydrogens (tertiary/aromatic N) is 1. The molecule has 30 heavy (non-hydrogen) atoms. The first-order valence-electron chi connectivity index (χ1n) is 9.33. The fourth-order valence-corrected chi connectivity index (χ4v) is 7.70. The van der Waals surface area contributed by atoms with Crippen molar-refractivity contribution < 1.29 is 73.1 Å². The van der Waals surface area contributed by atoms with E-state index < -0.39 is 20.6 Å². The Hall–Kier alpha value is 0.678. The van der Waals surface area contributed by atoms with Gasteiger partial charge in [-0.2, -0.15) is 0 Å². The van der Waals surface area contributed by atoms with Crippen LogP contribution in [0.5, 0.6) is 0 Å². The molecule has 1 N–H and O–H groups in total. The van der Waals surface area contributed by atoms with Gasteiger partial charge in [0, 0.05) is 31.4 Å². The van der Waals surface area contributed by atoms with Crippen molar-refractivity contribution >= 4 is 15.2 Å². The Balaban J connectivity index is -0.00000243. The van der Waals surface area contributed by atoms with E-state index in [1.807, 2.05) is 18.2 Å². The van der Waals surface area contributed by atoms with Gasteiger partial charge in [0.25, 0.3) is 0 Å². The van der Waals surface area contributed by atoms with E-state index >= 15 is 0 Å². The second kappa shape index (κ2) is 19.2. The SMILES string of the molecule is CCOP(=O)(OCC)C(CNCCc1ccccn1)P(=O)(OCC)OCC.[Cl-].[Cl-].[Pt+2]. The van der Waals surface area contributed by atoms with Crippen molar-refractivity contribution in [3.05, 3.63) is 30.1 Å². The maximum Gasteiger partial charge on any atom is 2.00 e. The van der Waals surface area contributed by atoms with Crippen LogP contribution in [0.1, 0.15) is 33.4 Å². The average Bonchev–Trinajstić information content (AvgIpc) is 2.63. The van der Waals surface area contributed by atoms with Gasteiger partial charge in [0.15, 0.2) is 5.40 Å². The molecule has 0 aromatic carbocycles. The molecule has 0 bridgehead atoms. The van der Waals surface area contributed by atoms with Gasteiger partial charge in [0.05, 0.1) is 26.4 Å². The van der Waals surface area contributed by atoms with Gasteiger partial charge in [-0.25, -0.2) is 0 Å². The largest absolute Gasteiger partial charge is 2.00 e. The van der Waals surface area contributed by atoms with Crippen molar-refractivity contribution in [1.29, 1.82) is 0 Å². The number of hydrogen-bond acceptors (Lipinski definition) is 8. The van der Waals surface area contributed by atoms with Crippen LogP contribution in [0.15, 0.2) is 24.4 Å². The average molecular weight is 688 g/mol. The monoisotopic (exact) mass is 687 g/mol. The predicted octanol–water partition coefficient (Wildman–Crippen LogP) is -1.92. The third-order valence-corrected chi connectivity index (χ3v) is 9.57. The molecular weight excluding hydrogens is 656 g/mol. The number of nitrogens with one attached hydrogen (secondary N) is 1. The molecule has 13 heteroatoms. The van der Waals surface area contributed by atoms with Crippen LogP contribution in [0.2, 0.25) is 0 Å². The molecular formula is C17H32Cl2N2O6P2Pt. The summed E-state index contributed by atoms with van der Waals surface area (Å²) in [4.78, 5) is 4.26. The summed E-state index contributed by atoms with van der Waals surface area (Å²) in [6.07, 6.45) is 2.41. The van der Waals surface area contributed by atoms with E-state index in [0.717, 1.165) is 5.69 Å². The quantitative estimate of drug-likeness (QED) is 0.169. The molecule has 1 aromatic heterocycles. The zero-order valence-corrected chi connectivity index (χ0v) is 23.3. The van der Waals surface area contributed by atoms with E-state index in [1.165, 1.54) is 0 Å². The molecule has 0 amide bonds. The van der Waals surface area contributed by atoms with Crippen LogP contribution in [-0.2, 0) is 54.7 Å². The molecule has 0 saturated carbocycles. The van der Waals surface area contributed by atoms with Crippen LogP contribution >= 0.6 is 15.2 Å². The third kappa shape index (κ3) is 11.5. The summed E-state index contributed by atoms with van der Waals surface area (Å²) in [5, 5.41) is 2.13. The molecule has 0 atom stereocenters. The molecule has 1 rings (SSSR count). The summed E-state index contributed by atoms with van der Waals surface area (Å²) >= 11 is 0. The molecule has 0 fully saturated rings. The normalized spacial score (nSPS) is 11.4. The molecule has 1 aromatic rings. The van der Waals surface area contributed by atoms with Crippen LogP contribution in [0.25, 0.3) is 0 Å². The maximum atomic E-state index is 13.3. The first-order valence-corrected chi connectivity index (χ1v) is 12.6. The minimum absolute atomic E-state index is 0. The van der Waals surface area contributed by atoms with Crippen molar-refractivity contribution in [3.8, 4) is 0 Å². The Morgan fingerprint density at radius 3 is 1.73 bits per heavy atom. The zero-order valence-electron chi connectivity index (χ0n) is 17.7. The summed E-state index contributed by atoms with van der Waals surface area (Å²) in [5.74, 6) is 0. The van der Waals surface area contributed by atoms with Crippen LogP contribution in [-0.4, -0.2) is 49.9 Å². The summed E-state index contributed by atoms with van der Waals surface area (Å²) in [5.41, 5.74) is 0.928. The first-order chi connectivity index (χ1) is 13.0. The van der Waals surface area contributed by atoms with Crippen molar-refractivity contribution in [2.45, 2.75) is 39.5 Å². The Morgan fingerprint density at radius 1 is 0.900 bits per heavy atom. The van der Waals surface area contributed by atoms with Crippen molar-refractivity contribution in [1.82, 2.24) is 10.3 Å².